The Kier molecular flexibility index (Phi) is 8.21. The summed E-state index contributed by atoms with van der Waals surface area (Å²) in [5.74, 6) is -0.457. The molecule has 0 saturated heterocycles. The smallest absolute Gasteiger partial charge is 0.137 e. The number of rotatable bonds is 8. The van der Waals surface area contributed by atoms with E-state index >= 15 is 0 Å². The fraction of sp³-hybridized carbons (Fsp3) is 1.00. The van der Waals surface area contributed by atoms with Gasteiger partial charge in [0, 0.05) is 18.1 Å². The predicted molar refractivity (Wildman–Crippen MR) is 109 cm³/mol. The van der Waals surface area contributed by atoms with Crippen LogP contribution in [0.4, 0.5) is 0 Å². The Balaban J connectivity index is 0.00000208. The largest absolute Gasteiger partial charge is 0.307 e. The van der Waals surface area contributed by atoms with E-state index in [0.29, 0.717) is 24.2 Å². The summed E-state index contributed by atoms with van der Waals surface area (Å²) in [6.07, 6.45) is 17.0. The van der Waals surface area contributed by atoms with Crippen LogP contribution in [0.15, 0.2) is 0 Å². The molecular weight excluding hydrogens is 312 g/mol. The summed E-state index contributed by atoms with van der Waals surface area (Å²) in [5, 5.41) is 11.6. The minimum atomic E-state index is -0.457. The van der Waals surface area contributed by atoms with E-state index in [-0.39, 0.29) is 11.0 Å². The summed E-state index contributed by atoms with van der Waals surface area (Å²) >= 11 is 0. The predicted octanol–water partition coefficient (Wildman–Crippen LogP) is 1.52. The van der Waals surface area contributed by atoms with Gasteiger partial charge in [0.05, 0.1) is 6.04 Å². The highest BCUT2D eigenvalue weighted by Gasteiger charge is 2.39. The molecule has 0 amide bonds. The van der Waals surface area contributed by atoms with E-state index in [4.69, 9.17) is 5.73 Å². The third-order valence-corrected chi connectivity index (χ3v) is 6.35. The molecule has 0 aromatic heterocycles. The molecular formula is C19H42N4Si. The van der Waals surface area contributed by atoms with Crippen LogP contribution < -0.4 is 21.7 Å². The van der Waals surface area contributed by atoms with Crippen molar-refractivity contribution in [1.82, 2.24) is 16.0 Å². The Hall–Kier alpha value is 0.0569. The van der Waals surface area contributed by atoms with Crippen LogP contribution in [0.5, 0.6) is 0 Å². The molecule has 3 fully saturated rings. The first kappa shape index (κ1) is 20.4. The highest BCUT2D eigenvalue weighted by atomic mass is 28.1. The van der Waals surface area contributed by atoms with E-state index in [0.717, 1.165) is 6.42 Å². The SMILES string of the molecule is CCC(NC1CCCC1)C(N)(NC1CCCC1)NC1CCCC1.[SiH4]. The number of nitrogens with two attached hydrogens (primary N) is 1. The minimum Gasteiger partial charge on any atom is -0.307 e. The summed E-state index contributed by atoms with van der Waals surface area (Å²) in [7, 11) is 0. The van der Waals surface area contributed by atoms with E-state index in [1.165, 1.54) is 77.0 Å². The maximum atomic E-state index is 7.01. The van der Waals surface area contributed by atoms with Crippen molar-refractivity contribution in [3.8, 4) is 0 Å². The molecule has 3 rings (SSSR count). The number of nitrogens with one attached hydrogen (secondary N) is 3. The Labute approximate surface area is 153 Å². The van der Waals surface area contributed by atoms with Crippen LogP contribution in [-0.2, 0) is 0 Å². The maximum absolute atomic E-state index is 7.01. The molecule has 0 aromatic rings. The van der Waals surface area contributed by atoms with Gasteiger partial charge in [0.2, 0.25) is 0 Å². The van der Waals surface area contributed by atoms with Gasteiger partial charge in [0.25, 0.3) is 0 Å². The minimum absolute atomic E-state index is 0. The van der Waals surface area contributed by atoms with Crippen LogP contribution in [0.3, 0.4) is 0 Å². The van der Waals surface area contributed by atoms with Gasteiger partial charge < -0.3 is 5.32 Å². The molecule has 0 radical (unpaired) electrons. The van der Waals surface area contributed by atoms with Gasteiger partial charge in [0.1, 0.15) is 5.79 Å². The van der Waals surface area contributed by atoms with Gasteiger partial charge in [-0.25, -0.2) is 0 Å². The third kappa shape index (κ3) is 5.28. The second-order valence-corrected chi connectivity index (χ2v) is 8.23. The van der Waals surface area contributed by atoms with E-state index in [9.17, 15) is 0 Å². The second kappa shape index (κ2) is 9.67. The molecule has 3 aliphatic carbocycles. The average molecular weight is 355 g/mol. The fourth-order valence-corrected chi connectivity index (χ4v) is 5.01. The summed E-state index contributed by atoms with van der Waals surface area (Å²) in [6, 6.07) is 2.16. The van der Waals surface area contributed by atoms with Crippen LogP contribution in [-0.4, -0.2) is 40.9 Å². The number of hydrogen-bond donors (Lipinski definition) is 4. The van der Waals surface area contributed by atoms with Crippen molar-refractivity contribution >= 4 is 11.0 Å². The monoisotopic (exact) mass is 354 g/mol. The highest BCUT2D eigenvalue weighted by Crippen LogP contribution is 2.25. The van der Waals surface area contributed by atoms with E-state index in [1.54, 1.807) is 0 Å². The van der Waals surface area contributed by atoms with Gasteiger partial charge in [-0.05, 0) is 55.9 Å². The van der Waals surface area contributed by atoms with Crippen LogP contribution in [0.25, 0.3) is 0 Å². The van der Waals surface area contributed by atoms with E-state index in [1.807, 2.05) is 0 Å². The Morgan fingerprint density at radius 2 is 1.17 bits per heavy atom. The van der Waals surface area contributed by atoms with Crippen molar-refractivity contribution in [3.05, 3.63) is 0 Å². The van der Waals surface area contributed by atoms with Crippen LogP contribution in [0, 0.1) is 0 Å². The lowest BCUT2D eigenvalue weighted by Gasteiger charge is -2.44. The molecule has 0 heterocycles. The Morgan fingerprint density at radius 1 is 0.792 bits per heavy atom. The molecule has 3 aliphatic rings. The van der Waals surface area contributed by atoms with Crippen molar-refractivity contribution in [2.24, 2.45) is 5.73 Å². The fourth-order valence-electron chi connectivity index (χ4n) is 5.01. The number of hydrogen-bond acceptors (Lipinski definition) is 4. The molecule has 24 heavy (non-hydrogen) atoms. The van der Waals surface area contributed by atoms with Crippen molar-refractivity contribution in [1.29, 1.82) is 0 Å². The van der Waals surface area contributed by atoms with Gasteiger partial charge in [-0.15, -0.1) is 0 Å². The van der Waals surface area contributed by atoms with Crippen molar-refractivity contribution in [3.63, 3.8) is 0 Å². The van der Waals surface area contributed by atoms with Gasteiger partial charge in [-0.2, -0.15) is 0 Å². The average Bonchev–Trinajstić information content (AvgIpc) is 3.28. The summed E-state index contributed by atoms with van der Waals surface area (Å²) < 4.78 is 0. The van der Waals surface area contributed by atoms with Crippen molar-refractivity contribution < 1.29 is 0 Å². The van der Waals surface area contributed by atoms with Gasteiger partial charge in [-0.3, -0.25) is 16.4 Å². The van der Waals surface area contributed by atoms with E-state index < -0.39 is 5.79 Å². The molecule has 5 N–H and O–H groups in total. The molecule has 1 unspecified atom stereocenters. The molecule has 0 aromatic carbocycles. The zero-order chi connectivity index (χ0) is 16.1. The third-order valence-electron chi connectivity index (χ3n) is 6.35. The molecule has 3 saturated carbocycles. The Morgan fingerprint density at radius 3 is 1.54 bits per heavy atom. The summed E-state index contributed by atoms with van der Waals surface area (Å²) in [4.78, 5) is 0. The highest BCUT2D eigenvalue weighted by molar-refractivity contribution is 5.75. The molecule has 4 nitrogen and oxygen atoms in total. The Bertz CT molecular complexity index is 329. The van der Waals surface area contributed by atoms with E-state index in [2.05, 4.69) is 22.9 Å². The maximum Gasteiger partial charge on any atom is 0.137 e. The lowest BCUT2D eigenvalue weighted by atomic mass is 10.0. The lowest BCUT2D eigenvalue weighted by molar-refractivity contribution is 0.136. The van der Waals surface area contributed by atoms with Gasteiger partial charge in [0.15, 0.2) is 0 Å². The van der Waals surface area contributed by atoms with Gasteiger partial charge >= 0.3 is 0 Å². The van der Waals surface area contributed by atoms with Crippen LogP contribution in [0.2, 0.25) is 0 Å². The molecule has 0 bridgehead atoms. The molecule has 1 atom stereocenters. The summed E-state index contributed by atoms with van der Waals surface area (Å²) in [5.41, 5.74) is 7.01. The lowest BCUT2D eigenvalue weighted by Crippen LogP contribution is -2.77. The quantitative estimate of drug-likeness (QED) is 0.394. The molecule has 0 aliphatic heterocycles. The van der Waals surface area contributed by atoms with Crippen LogP contribution >= 0.6 is 0 Å². The van der Waals surface area contributed by atoms with Gasteiger partial charge in [-0.1, -0.05) is 45.4 Å². The first-order valence-electron chi connectivity index (χ1n) is 10.3. The first-order valence-corrected chi connectivity index (χ1v) is 10.3. The van der Waals surface area contributed by atoms with Crippen molar-refractivity contribution in [2.45, 2.75) is 120 Å². The van der Waals surface area contributed by atoms with Crippen LogP contribution in [0.1, 0.15) is 90.4 Å². The zero-order valence-corrected chi connectivity index (χ0v) is 15.1. The second-order valence-electron chi connectivity index (χ2n) is 8.23. The topological polar surface area (TPSA) is 62.1 Å². The molecule has 5 heteroatoms. The summed E-state index contributed by atoms with van der Waals surface area (Å²) in [6.45, 7) is 2.28. The normalized spacial score (nSPS) is 25.2. The standard InChI is InChI=1S/C19H38N4.H4Si/c1-2-18(21-15-9-3-4-10-15)19(20,22-16-11-5-6-12-16)23-17-13-7-8-14-17;/h15-18,21-23H,2-14,20H2,1H3;1H4. The molecule has 0 spiro atoms. The zero-order valence-electron chi connectivity index (χ0n) is 15.1. The van der Waals surface area contributed by atoms with Crippen molar-refractivity contribution in [2.75, 3.05) is 0 Å². The first-order chi connectivity index (χ1) is 11.2. The molecule has 142 valence electrons.